The summed E-state index contributed by atoms with van der Waals surface area (Å²) in [7, 11) is 0. The van der Waals surface area contributed by atoms with Crippen LogP contribution in [0, 0.1) is 5.41 Å². The summed E-state index contributed by atoms with van der Waals surface area (Å²) in [5.41, 5.74) is 2.56. The van der Waals surface area contributed by atoms with Gasteiger partial charge in [0.15, 0.2) is 16.3 Å². The van der Waals surface area contributed by atoms with Gasteiger partial charge in [-0.1, -0.05) is 52.1 Å². The third-order valence-electron chi connectivity index (χ3n) is 3.68. The summed E-state index contributed by atoms with van der Waals surface area (Å²) in [6, 6.07) is 3.30. The first-order chi connectivity index (χ1) is 12.3. The van der Waals surface area contributed by atoms with Crippen molar-refractivity contribution in [3.05, 3.63) is 51.2 Å². The van der Waals surface area contributed by atoms with Gasteiger partial charge in [-0.2, -0.15) is 0 Å². The fraction of sp³-hybridized carbons (Fsp3) is 0.235. The number of hydrogen-bond acceptors (Lipinski definition) is 4. The average Bonchev–Trinajstić information content (AvgIpc) is 2.99. The Balaban J connectivity index is 1.93. The highest BCUT2D eigenvalue weighted by molar-refractivity contribution is 7.99. The topological polar surface area (TPSA) is 70.3 Å². The lowest BCUT2D eigenvalue weighted by atomic mass is 10.2. The maximum absolute atomic E-state index is 8.02. The highest BCUT2D eigenvalue weighted by Gasteiger charge is 2.13. The summed E-state index contributed by atoms with van der Waals surface area (Å²) in [6.07, 6.45) is 3.51. The molecule has 0 spiro atoms. The molecule has 0 fully saturated rings. The molecule has 5 nitrogen and oxygen atoms in total. The van der Waals surface area contributed by atoms with Crippen LogP contribution in [0.15, 0.2) is 40.7 Å². The summed E-state index contributed by atoms with van der Waals surface area (Å²) in [6.45, 7) is 6.68. The maximum atomic E-state index is 8.02. The number of imidazole rings is 1. The van der Waals surface area contributed by atoms with Crippen molar-refractivity contribution >= 4 is 57.7 Å². The number of H-pyrrole nitrogens is 1. The molecule has 9 heteroatoms. The standard InChI is InChI=1S/C17H16Cl3N5S/c1-9(2)4-3-5-25-8-22-15(21)14-16(25)24-17(23-14)26-13-7-11(19)10(18)6-12(13)20/h6-8,21H,1,3-5H2,2H3,(H,23,24). The number of rotatable bonds is 6. The number of aromatic amines is 1. The molecule has 26 heavy (non-hydrogen) atoms. The summed E-state index contributed by atoms with van der Waals surface area (Å²) >= 11 is 19.6. The van der Waals surface area contributed by atoms with E-state index in [1.807, 2.05) is 11.5 Å². The van der Waals surface area contributed by atoms with Crippen LogP contribution < -0.4 is 5.49 Å². The Morgan fingerprint density at radius 1 is 1.27 bits per heavy atom. The summed E-state index contributed by atoms with van der Waals surface area (Å²) < 4.78 is 1.94. The van der Waals surface area contributed by atoms with E-state index in [9.17, 15) is 0 Å². The molecule has 3 aromatic rings. The number of halogens is 3. The highest BCUT2D eigenvalue weighted by Crippen LogP contribution is 2.37. The van der Waals surface area contributed by atoms with E-state index in [1.54, 1.807) is 18.5 Å². The van der Waals surface area contributed by atoms with E-state index in [1.165, 1.54) is 11.8 Å². The third-order valence-corrected chi connectivity index (χ3v) is 5.77. The van der Waals surface area contributed by atoms with Crippen molar-refractivity contribution in [1.82, 2.24) is 19.5 Å². The molecule has 3 rings (SSSR count). The largest absolute Gasteiger partial charge is 0.328 e. The van der Waals surface area contributed by atoms with Gasteiger partial charge >= 0.3 is 0 Å². The van der Waals surface area contributed by atoms with E-state index in [4.69, 9.17) is 40.2 Å². The lowest BCUT2D eigenvalue weighted by molar-refractivity contribution is 0.639. The second-order valence-electron chi connectivity index (χ2n) is 5.89. The lowest BCUT2D eigenvalue weighted by Gasteiger charge is -2.06. The second kappa shape index (κ2) is 8.05. The van der Waals surface area contributed by atoms with Gasteiger partial charge in [0.1, 0.15) is 5.52 Å². The average molecular weight is 429 g/mol. The van der Waals surface area contributed by atoms with Crippen LogP contribution >= 0.6 is 46.6 Å². The second-order valence-corrected chi connectivity index (χ2v) is 8.14. The Hall–Kier alpha value is -1.47. The minimum Gasteiger partial charge on any atom is -0.328 e. The van der Waals surface area contributed by atoms with Crippen LogP contribution in [-0.2, 0) is 6.54 Å². The van der Waals surface area contributed by atoms with Crippen LogP contribution in [0.5, 0.6) is 0 Å². The number of hydrogen-bond donors (Lipinski definition) is 2. The molecule has 0 aliphatic heterocycles. The van der Waals surface area contributed by atoms with Gasteiger partial charge in [0, 0.05) is 11.4 Å². The van der Waals surface area contributed by atoms with Crippen LogP contribution in [0.2, 0.25) is 15.1 Å². The van der Waals surface area contributed by atoms with Crippen LogP contribution in [0.4, 0.5) is 0 Å². The van der Waals surface area contributed by atoms with Gasteiger partial charge in [0.25, 0.3) is 0 Å². The number of nitrogens with zero attached hydrogens (tertiary/aromatic N) is 3. The first kappa shape index (κ1) is 19.3. The van der Waals surface area contributed by atoms with Crippen molar-refractivity contribution in [3.63, 3.8) is 0 Å². The van der Waals surface area contributed by atoms with Gasteiger partial charge in [-0.05, 0) is 31.9 Å². The molecule has 2 N–H and O–H groups in total. The number of nitrogens with one attached hydrogen (secondary N) is 2. The molecule has 2 heterocycles. The molecular weight excluding hydrogens is 413 g/mol. The van der Waals surface area contributed by atoms with Crippen molar-refractivity contribution in [2.75, 3.05) is 0 Å². The molecule has 0 radical (unpaired) electrons. The van der Waals surface area contributed by atoms with Crippen molar-refractivity contribution in [1.29, 1.82) is 5.41 Å². The summed E-state index contributed by atoms with van der Waals surface area (Å²) in [4.78, 5) is 12.6. The molecule has 0 saturated heterocycles. The van der Waals surface area contributed by atoms with Gasteiger partial charge in [-0.15, -0.1) is 6.58 Å². The highest BCUT2D eigenvalue weighted by atomic mass is 35.5. The maximum Gasteiger partial charge on any atom is 0.173 e. The Morgan fingerprint density at radius 2 is 2.00 bits per heavy atom. The van der Waals surface area contributed by atoms with Crippen molar-refractivity contribution in [2.24, 2.45) is 0 Å². The molecule has 0 aliphatic rings. The van der Waals surface area contributed by atoms with Gasteiger partial charge in [0.2, 0.25) is 0 Å². The predicted molar refractivity (Wildman–Crippen MR) is 107 cm³/mol. The molecule has 2 aromatic heterocycles. The van der Waals surface area contributed by atoms with Crippen molar-refractivity contribution in [2.45, 2.75) is 36.4 Å². The molecule has 136 valence electrons. The fourth-order valence-corrected chi connectivity index (χ4v) is 3.97. The lowest BCUT2D eigenvalue weighted by Crippen LogP contribution is -2.12. The Labute approximate surface area is 169 Å². The van der Waals surface area contributed by atoms with Crippen LogP contribution in [-0.4, -0.2) is 19.5 Å². The van der Waals surface area contributed by atoms with E-state index in [-0.39, 0.29) is 5.49 Å². The molecule has 0 unspecified atom stereocenters. The SMILES string of the molecule is C=C(C)CCCn1cnc(=N)c2[nH]c(Sc3cc(Cl)c(Cl)cc3Cl)nc21. The molecular formula is C17H16Cl3N5S. The van der Waals surface area contributed by atoms with Crippen LogP contribution in [0.25, 0.3) is 11.2 Å². The number of allylic oxidation sites excluding steroid dienone is 1. The summed E-state index contributed by atoms with van der Waals surface area (Å²) in [5.74, 6) is 0. The Bertz CT molecular complexity index is 1040. The minimum atomic E-state index is 0.149. The number of benzene rings is 1. The van der Waals surface area contributed by atoms with Gasteiger partial charge < -0.3 is 9.55 Å². The zero-order valence-corrected chi connectivity index (χ0v) is 17.0. The monoisotopic (exact) mass is 427 g/mol. The first-order valence-corrected chi connectivity index (χ1v) is 9.76. The number of aryl methyl sites for hydroxylation is 1. The molecule has 0 saturated carbocycles. The molecule has 0 atom stereocenters. The normalized spacial score (nSPS) is 11.2. The van der Waals surface area contributed by atoms with E-state index in [2.05, 4.69) is 21.5 Å². The minimum absolute atomic E-state index is 0.149. The number of fused-ring (bicyclic) bond motifs is 1. The van der Waals surface area contributed by atoms with Gasteiger partial charge in [-0.3, -0.25) is 5.41 Å². The molecule has 1 aromatic carbocycles. The van der Waals surface area contributed by atoms with E-state index < -0.39 is 0 Å². The quantitative estimate of drug-likeness (QED) is 0.390. The molecule has 0 bridgehead atoms. The zero-order chi connectivity index (χ0) is 18.8. The van der Waals surface area contributed by atoms with E-state index in [0.717, 1.165) is 29.9 Å². The number of aromatic nitrogens is 4. The Morgan fingerprint density at radius 3 is 2.73 bits per heavy atom. The molecule has 0 amide bonds. The third kappa shape index (κ3) is 4.26. The zero-order valence-electron chi connectivity index (χ0n) is 13.9. The van der Waals surface area contributed by atoms with Crippen molar-refractivity contribution in [3.8, 4) is 0 Å². The van der Waals surface area contributed by atoms with Crippen LogP contribution in [0.3, 0.4) is 0 Å². The Kier molecular flexibility index (Phi) is 5.97. The van der Waals surface area contributed by atoms with Gasteiger partial charge in [0.05, 0.1) is 21.4 Å². The van der Waals surface area contributed by atoms with Crippen molar-refractivity contribution < 1.29 is 0 Å². The first-order valence-electron chi connectivity index (χ1n) is 7.81. The predicted octanol–water partition coefficient (Wildman–Crippen LogP) is 5.71. The summed E-state index contributed by atoms with van der Waals surface area (Å²) in [5, 5.41) is 9.94. The van der Waals surface area contributed by atoms with Crippen LogP contribution in [0.1, 0.15) is 19.8 Å². The smallest absolute Gasteiger partial charge is 0.173 e. The van der Waals surface area contributed by atoms with Gasteiger partial charge in [-0.25, -0.2) is 9.97 Å². The fourth-order valence-electron chi connectivity index (χ4n) is 2.41. The molecule has 0 aliphatic carbocycles. The van der Waals surface area contributed by atoms with E-state index >= 15 is 0 Å². The van der Waals surface area contributed by atoms with E-state index in [0.29, 0.717) is 31.4 Å².